The van der Waals surface area contributed by atoms with Crippen LogP contribution >= 0.6 is 0 Å². The van der Waals surface area contributed by atoms with Crippen molar-refractivity contribution in [2.45, 2.75) is 43.4 Å². The third-order valence-electron chi connectivity index (χ3n) is 4.79. The first-order valence-corrected chi connectivity index (χ1v) is 11.2. The molecule has 1 aromatic carbocycles. The number of benzene rings is 1. The molecule has 7 nitrogen and oxygen atoms in total. The van der Waals surface area contributed by atoms with Crippen LogP contribution in [0.4, 0.5) is 5.69 Å². The zero-order valence-electron chi connectivity index (χ0n) is 16.2. The van der Waals surface area contributed by atoms with Gasteiger partial charge in [0.2, 0.25) is 15.9 Å². The van der Waals surface area contributed by atoms with Crippen LogP contribution in [0.1, 0.15) is 38.5 Å². The van der Waals surface area contributed by atoms with Gasteiger partial charge in [-0.05, 0) is 57.6 Å². The number of nitrogens with two attached hydrogens (primary N) is 1. The van der Waals surface area contributed by atoms with Crippen molar-refractivity contribution in [3.63, 3.8) is 0 Å². The quantitative estimate of drug-likeness (QED) is 0.621. The highest BCUT2D eigenvalue weighted by Gasteiger charge is 2.26. The molecule has 1 aliphatic rings. The number of unbranched alkanes of at least 4 members (excludes halogenated alkanes) is 3. The molecule has 0 saturated carbocycles. The van der Waals surface area contributed by atoms with Gasteiger partial charge in [-0.3, -0.25) is 4.79 Å². The number of nitrogens with zero attached hydrogens (tertiary/aromatic N) is 2. The molecule has 0 aliphatic carbocycles. The van der Waals surface area contributed by atoms with E-state index < -0.39 is 10.0 Å². The number of amides is 1. The molecule has 0 aromatic heterocycles. The zero-order chi connectivity index (χ0) is 19.7. The van der Waals surface area contributed by atoms with Gasteiger partial charge in [-0.2, -0.15) is 4.31 Å². The molecule has 1 amide bonds. The number of rotatable bonds is 9. The molecular formula is C19H32N4O3S. The molecule has 1 aromatic rings. The lowest BCUT2D eigenvalue weighted by atomic mass is 10.1. The Balaban J connectivity index is 1.96. The number of anilines is 1. The highest BCUT2D eigenvalue weighted by Crippen LogP contribution is 2.21. The first-order valence-electron chi connectivity index (χ1n) is 9.72. The third-order valence-corrected chi connectivity index (χ3v) is 6.69. The molecule has 0 bridgehead atoms. The van der Waals surface area contributed by atoms with Crippen LogP contribution in [-0.2, 0) is 14.8 Å². The van der Waals surface area contributed by atoms with Crippen molar-refractivity contribution in [3.05, 3.63) is 24.3 Å². The molecule has 2 rings (SSSR count). The van der Waals surface area contributed by atoms with Crippen LogP contribution in [-0.4, -0.2) is 63.3 Å². The molecule has 3 N–H and O–H groups in total. The Kier molecular flexibility index (Phi) is 8.69. The number of hydrogen-bond acceptors (Lipinski definition) is 5. The maximum atomic E-state index is 12.9. The van der Waals surface area contributed by atoms with Crippen molar-refractivity contribution < 1.29 is 13.2 Å². The third kappa shape index (κ3) is 6.88. The van der Waals surface area contributed by atoms with Crippen LogP contribution in [0.3, 0.4) is 0 Å². The fourth-order valence-corrected chi connectivity index (χ4v) is 4.67. The topological polar surface area (TPSA) is 95.7 Å². The van der Waals surface area contributed by atoms with E-state index >= 15 is 0 Å². The van der Waals surface area contributed by atoms with Crippen LogP contribution in [0.2, 0.25) is 0 Å². The normalized spacial score (nSPS) is 16.8. The van der Waals surface area contributed by atoms with Crippen molar-refractivity contribution in [3.8, 4) is 0 Å². The fourth-order valence-electron chi connectivity index (χ4n) is 3.15. The second-order valence-corrected chi connectivity index (χ2v) is 9.03. The Hall–Kier alpha value is -1.48. The Morgan fingerprint density at radius 1 is 1.11 bits per heavy atom. The Bertz CT molecular complexity index is 709. The molecular weight excluding hydrogens is 364 g/mol. The van der Waals surface area contributed by atoms with E-state index in [4.69, 9.17) is 5.73 Å². The van der Waals surface area contributed by atoms with E-state index in [1.807, 2.05) is 7.05 Å². The largest absolute Gasteiger partial charge is 0.330 e. The van der Waals surface area contributed by atoms with E-state index in [-0.39, 0.29) is 10.8 Å². The van der Waals surface area contributed by atoms with Crippen LogP contribution < -0.4 is 11.1 Å². The summed E-state index contributed by atoms with van der Waals surface area (Å²) in [6.45, 7) is 3.30. The fraction of sp³-hybridized carbons (Fsp3) is 0.632. The summed E-state index contributed by atoms with van der Waals surface area (Å²) in [5.74, 6) is -0.0892. The van der Waals surface area contributed by atoms with Crippen molar-refractivity contribution in [1.82, 2.24) is 9.21 Å². The van der Waals surface area contributed by atoms with Gasteiger partial charge in [-0.15, -0.1) is 0 Å². The first kappa shape index (κ1) is 21.8. The summed E-state index contributed by atoms with van der Waals surface area (Å²) < 4.78 is 27.4. The van der Waals surface area contributed by atoms with Crippen molar-refractivity contribution in [1.29, 1.82) is 0 Å². The minimum absolute atomic E-state index is 0.0892. The molecule has 1 saturated heterocycles. The number of carbonyl (C=O) groups is 1. The lowest BCUT2D eigenvalue weighted by Gasteiger charge is -2.20. The molecule has 1 heterocycles. The van der Waals surface area contributed by atoms with Crippen LogP contribution in [0.5, 0.6) is 0 Å². The van der Waals surface area contributed by atoms with Gasteiger partial charge in [0.25, 0.3) is 0 Å². The Morgan fingerprint density at radius 2 is 1.89 bits per heavy atom. The molecule has 1 aliphatic heterocycles. The maximum absolute atomic E-state index is 12.9. The van der Waals surface area contributed by atoms with Crippen molar-refractivity contribution in [2.75, 3.05) is 45.1 Å². The SMILES string of the molecule is CN1CCCN(S(=O)(=O)c2cccc(NC(=O)CCCCCCN)c2)CC1. The molecule has 152 valence electrons. The second-order valence-electron chi connectivity index (χ2n) is 7.09. The minimum atomic E-state index is -3.55. The highest BCUT2D eigenvalue weighted by molar-refractivity contribution is 7.89. The number of hydrogen-bond donors (Lipinski definition) is 2. The molecule has 0 radical (unpaired) electrons. The van der Waals surface area contributed by atoms with E-state index in [0.29, 0.717) is 31.7 Å². The summed E-state index contributed by atoms with van der Waals surface area (Å²) in [5.41, 5.74) is 5.98. The van der Waals surface area contributed by atoms with Gasteiger partial charge in [-0.1, -0.05) is 18.9 Å². The Labute approximate surface area is 163 Å². The lowest BCUT2D eigenvalue weighted by molar-refractivity contribution is -0.116. The van der Waals surface area contributed by atoms with Gasteiger partial charge in [0.15, 0.2) is 0 Å². The van der Waals surface area contributed by atoms with Gasteiger partial charge >= 0.3 is 0 Å². The van der Waals surface area contributed by atoms with Crippen molar-refractivity contribution in [2.24, 2.45) is 5.73 Å². The molecule has 27 heavy (non-hydrogen) atoms. The highest BCUT2D eigenvalue weighted by atomic mass is 32.2. The van der Waals surface area contributed by atoms with E-state index in [2.05, 4.69) is 10.2 Å². The average Bonchev–Trinajstić information content (AvgIpc) is 2.87. The van der Waals surface area contributed by atoms with Crippen molar-refractivity contribution >= 4 is 21.6 Å². The molecule has 8 heteroatoms. The van der Waals surface area contributed by atoms with Gasteiger partial charge in [0.05, 0.1) is 4.90 Å². The number of nitrogens with one attached hydrogen (secondary N) is 1. The first-order chi connectivity index (χ1) is 12.9. The smallest absolute Gasteiger partial charge is 0.243 e. The van der Waals surface area contributed by atoms with E-state index in [9.17, 15) is 13.2 Å². The summed E-state index contributed by atoms with van der Waals surface area (Å²) in [4.78, 5) is 14.5. The minimum Gasteiger partial charge on any atom is -0.330 e. The van der Waals surface area contributed by atoms with E-state index in [1.54, 1.807) is 24.3 Å². The van der Waals surface area contributed by atoms with Crippen LogP contribution in [0.15, 0.2) is 29.2 Å². The molecule has 0 spiro atoms. The van der Waals surface area contributed by atoms with Gasteiger partial charge in [0.1, 0.15) is 0 Å². The summed E-state index contributed by atoms with van der Waals surface area (Å²) in [7, 11) is -1.55. The van der Waals surface area contributed by atoms with E-state index in [1.165, 1.54) is 4.31 Å². The second kappa shape index (κ2) is 10.8. The number of sulfonamides is 1. The average molecular weight is 397 g/mol. The van der Waals surface area contributed by atoms with Gasteiger partial charge < -0.3 is 16.0 Å². The predicted octanol–water partition coefficient (Wildman–Crippen LogP) is 1.86. The van der Waals surface area contributed by atoms with Gasteiger partial charge in [0, 0.05) is 31.7 Å². The number of carbonyl (C=O) groups excluding carboxylic acids is 1. The maximum Gasteiger partial charge on any atom is 0.243 e. The molecule has 1 fully saturated rings. The summed E-state index contributed by atoms with van der Waals surface area (Å²) in [5, 5.41) is 2.81. The van der Waals surface area contributed by atoms with E-state index in [0.717, 1.165) is 45.2 Å². The summed E-state index contributed by atoms with van der Waals surface area (Å²) in [6.07, 6.45) is 5.04. The Morgan fingerprint density at radius 3 is 2.67 bits per heavy atom. The van der Waals surface area contributed by atoms with Crippen LogP contribution in [0.25, 0.3) is 0 Å². The lowest BCUT2D eigenvalue weighted by Crippen LogP contribution is -2.34. The van der Waals surface area contributed by atoms with Crippen LogP contribution in [0, 0.1) is 0 Å². The van der Waals surface area contributed by atoms with Gasteiger partial charge in [-0.25, -0.2) is 8.42 Å². The summed E-state index contributed by atoms with van der Waals surface area (Å²) in [6, 6.07) is 6.54. The monoisotopic (exact) mass is 396 g/mol. The molecule has 0 atom stereocenters. The predicted molar refractivity (Wildman–Crippen MR) is 108 cm³/mol. The standard InChI is InChI=1S/C19H32N4O3S/c1-22-12-7-13-23(15-14-22)27(25,26)18-9-6-8-17(16-18)21-19(24)10-4-2-3-5-11-20/h6,8-9,16H,2-5,7,10-15,20H2,1H3,(H,21,24). The zero-order valence-corrected chi connectivity index (χ0v) is 17.0. The number of likely N-dealkylation sites (N-methyl/N-ethyl adjacent to an activating group) is 1. The summed E-state index contributed by atoms with van der Waals surface area (Å²) >= 11 is 0. The molecule has 0 unspecified atom stereocenters.